The van der Waals surface area contributed by atoms with Crippen LogP contribution < -0.4 is 10.6 Å². The van der Waals surface area contributed by atoms with Crippen molar-refractivity contribution in [1.29, 1.82) is 0 Å². The van der Waals surface area contributed by atoms with Crippen molar-refractivity contribution in [3.63, 3.8) is 0 Å². The van der Waals surface area contributed by atoms with Crippen LogP contribution in [0.5, 0.6) is 0 Å². The van der Waals surface area contributed by atoms with Gasteiger partial charge in [-0.25, -0.2) is 0 Å². The number of nitrogens with one attached hydrogen (secondary N) is 2. The first-order chi connectivity index (χ1) is 13.1. The molecular formula is C22H26N2O3. The first-order valence-corrected chi connectivity index (χ1v) is 9.54. The van der Waals surface area contributed by atoms with E-state index in [1.165, 1.54) is 19.3 Å². The summed E-state index contributed by atoms with van der Waals surface area (Å²) in [6.45, 7) is 2.47. The van der Waals surface area contributed by atoms with Gasteiger partial charge < -0.3 is 15.1 Å². The topological polar surface area (TPSA) is 71.3 Å². The zero-order valence-electron chi connectivity index (χ0n) is 15.7. The van der Waals surface area contributed by atoms with E-state index in [4.69, 9.17) is 4.42 Å². The normalized spacial score (nSPS) is 15.4. The first-order valence-electron chi connectivity index (χ1n) is 9.54. The SMILES string of the molecule is Cc1ccc(/C=C(\NC(=O)c2ccccc2)C(=O)NCC2CCCCC2)o1. The van der Waals surface area contributed by atoms with E-state index in [2.05, 4.69) is 10.6 Å². The fraction of sp³-hybridized carbons (Fsp3) is 0.364. The molecule has 1 aromatic carbocycles. The van der Waals surface area contributed by atoms with Crippen LogP contribution in [0, 0.1) is 12.8 Å². The van der Waals surface area contributed by atoms with Crippen molar-refractivity contribution in [1.82, 2.24) is 10.6 Å². The smallest absolute Gasteiger partial charge is 0.267 e. The standard InChI is InChI=1S/C22H26N2O3/c1-16-12-13-19(27-16)14-20(24-21(25)18-10-6-3-7-11-18)22(26)23-15-17-8-4-2-5-9-17/h3,6-7,10-14,17H,2,4-5,8-9,15H2,1H3,(H,23,26)(H,24,25)/b20-14-. The van der Waals surface area contributed by atoms with Crippen LogP contribution in [0.4, 0.5) is 0 Å². The molecule has 2 amide bonds. The molecule has 1 aromatic heterocycles. The van der Waals surface area contributed by atoms with Crippen LogP contribution in [0.2, 0.25) is 0 Å². The van der Waals surface area contributed by atoms with Gasteiger partial charge in [0.05, 0.1) is 0 Å². The molecule has 5 nitrogen and oxygen atoms in total. The van der Waals surface area contributed by atoms with Gasteiger partial charge in [0.2, 0.25) is 0 Å². The Morgan fingerprint density at radius 2 is 1.81 bits per heavy atom. The molecule has 2 N–H and O–H groups in total. The Balaban J connectivity index is 1.71. The summed E-state index contributed by atoms with van der Waals surface area (Å²) < 4.78 is 5.54. The number of rotatable bonds is 6. The van der Waals surface area contributed by atoms with Gasteiger partial charge in [0.1, 0.15) is 17.2 Å². The van der Waals surface area contributed by atoms with E-state index in [-0.39, 0.29) is 17.5 Å². The van der Waals surface area contributed by atoms with Crippen molar-refractivity contribution in [2.24, 2.45) is 5.92 Å². The quantitative estimate of drug-likeness (QED) is 0.758. The maximum absolute atomic E-state index is 12.7. The lowest BCUT2D eigenvalue weighted by atomic mass is 9.89. The molecule has 2 aromatic rings. The minimum atomic E-state index is -0.321. The maximum atomic E-state index is 12.7. The number of benzene rings is 1. The van der Waals surface area contributed by atoms with Gasteiger partial charge in [-0.1, -0.05) is 37.5 Å². The maximum Gasteiger partial charge on any atom is 0.267 e. The Bertz CT molecular complexity index is 802. The molecule has 1 fully saturated rings. The van der Waals surface area contributed by atoms with E-state index in [0.717, 1.165) is 18.6 Å². The minimum Gasteiger partial charge on any atom is -0.462 e. The van der Waals surface area contributed by atoms with Crippen molar-refractivity contribution in [3.8, 4) is 0 Å². The predicted octanol–water partition coefficient (Wildman–Crippen LogP) is 4.06. The van der Waals surface area contributed by atoms with E-state index in [9.17, 15) is 9.59 Å². The monoisotopic (exact) mass is 366 g/mol. The number of hydrogen-bond donors (Lipinski definition) is 2. The average molecular weight is 366 g/mol. The number of carbonyl (C=O) groups is 2. The highest BCUT2D eigenvalue weighted by atomic mass is 16.3. The van der Waals surface area contributed by atoms with Crippen molar-refractivity contribution in [2.45, 2.75) is 39.0 Å². The van der Waals surface area contributed by atoms with Gasteiger partial charge in [-0.2, -0.15) is 0 Å². The molecule has 0 radical (unpaired) electrons. The van der Waals surface area contributed by atoms with Gasteiger partial charge in [-0.3, -0.25) is 9.59 Å². The summed E-state index contributed by atoms with van der Waals surface area (Å²) in [5.74, 6) is 1.18. The third kappa shape index (κ3) is 5.58. The summed E-state index contributed by atoms with van der Waals surface area (Å²) in [6.07, 6.45) is 7.59. The number of amides is 2. The van der Waals surface area contributed by atoms with Crippen LogP contribution in [0.3, 0.4) is 0 Å². The number of aryl methyl sites for hydroxylation is 1. The summed E-state index contributed by atoms with van der Waals surface area (Å²) >= 11 is 0. The predicted molar refractivity (Wildman–Crippen MR) is 105 cm³/mol. The Kier molecular flexibility index (Phi) is 6.47. The molecule has 27 heavy (non-hydrogen) atoms. The molecule has 142 valence electrons. The molecule has 0 spiro atoms. The van der Waals surface area contributed by atoms with E-state index in [1.807, 2.05) is 19.1 Å². The van der Waals surface area contributed by atoms with Crippen molar-refractivity contribution >= 4 is 17.9 Å². The van der Waals surface area contributed by atoms with Gasteiger partial charge in [0.25, 0.3) is 11.8 Å². The van der Waals surface area contributed by atoms with Gasteiger partial charge in [-0.15, -0.1) is 0 Å². The van der Waals surface area contributed by atoms with E-state index < -0.39 is 0 Å². The van der Waals surface area contributed by atoms with Crippen molar-refractivity contribution in [2.75, 3.05) is 6.54 Å². The Hall–Kier alpha value is -2.82. The molecule has 3 rings (SSSR count). The first kappa shape index (κ1) is 19.0. The highest BCUT2D eigenvalue weighted by Crippen LogP contribution is 2.22. The zero-order valence-corrected chi connectivity index (χ0v) is 15.7. The second-order valence-corrected chi connectivity index (χ2v) is 7.04. The van der Waals surface area contributed by atoms with E-state index in [1.54, 1.807) is 36.4 Å². The average Bonchev–Trinajstić information content (AvgIpc) is 3.11. The van der Waals surface area contributed by atoms with Crippen LogP contribution in [-0.2, 0) is 4.79 Å². The van der Waals surface area contributed by atoms with E-state index in [0.29, 0.717) is 23.8 Å². The van der Waals surface area contributed by atoms with Crippen LogP contribution in [-0.4, -0.2) is 18.4 Å². The van der Waals surface area contributed by atoms with Crippen LogP contribution in [0.25, 0.3) is 6.08 Å². The highest BCUT2D eigenvalue weighted by molar-refractivity contribution is 6.05. The summed E-state index contributed by atoms with van der Waals surface area (Å²) in [4.78, 5) is 25.2. The second-order valence-electron chi connectivity index (χ2n) is 7.04. The summed E-state index contributed by atoms with van der Waals surface area (Å²) in [5.41, 5.74) is 0.688. The van der Waals surface area contributed by atoms with Gasteiger partial charge in [-0.05, 0) is 49.9 Å². The molecule has 0 atom stereocenters. The molecule has 0 unspecified atom stereocenters. The minimum absolute atomic E-state index is 0.189. The summed E-state index contributed by atoms with van der Waals surface area (Å²) in [5, 5.41) is 5.70. The van der Waals surface area contributed by atoms with E-state index >= 15 is 0 Å². The molecule has 1 aliphatic carbocycles. The second kappa shape index (κ2) is 9.21. The number of carbonyl (C=O) groups excluding carboxylic acids is 2. The van der Waals surface area contributed by atoms with Crippen LogP contribution in [0.15, 0.2) is 52.6 Å². The third-order valence-electron chi connectivity index (χ3n) is 4.85. The zero-order chi connectivity index (χ0) is 19.1. The van der Waals surface area contributed by atoms with Crippen LogP contribution >= 0.6 is 0 Å². The molecule has 1 heterocycles. The number of hydrogen-bond acceptors (Lipinski definition) is 3. The number of furan rings is 1. The fourth-order valence-corrected chi connectivity index (χ4v) is 3.34. The largest absolute Gasteiger partial charge is 0.462 e. The lowest BCUT2D eigenvalue weighted by Gasteiger charge is -2.22. The molecule has 0 bridgehead atoms. The molecular weight excluding hydrogens is 340 g/mol. The highest BCUT2D eigenvalue weighted by Gasteiger charge is 2.18. The molecule has 1 saturated carbocycles. The fourth-order valence-electron chi connectivity index (χ4n) is 3.34. The molecule has 0 aliphatic heterocycles. The Morgan fingerprint density at radius 1 is 1.07 bits per heavy atom. The summed E-state index contributed by atoms with van der Waals surface area (Å²) in [7, 11) is 0. The molecule has 5 heteroatoms. The van der Waals surface area contributed by atoms with Gasteiger partial charge in [0.15, 0.2) is 0 Å². The van der Waals surface area contributed by atoms with Gasteiger partial charge >= 0.3 is 0 Å². The van der Waals surface area contributed by atoms with Crippen molar-refractivity contribution < 1.29 is 14.0 Å². The lowest BCUT2D eigenvalue weighted by Crippen LogP contribution is -2.37. The van der Waals surface area contributed by atoms with Crippen molar-refractivity contribution in [3.05, 3.63) is 65.2 Å². The summed E-state index contributed by atoms with van der Waals surface area (Å²) in [6, 6.07) is 12.4. The lowest BCUT2D eigenvalue weighted by molar-refractivity contribution is -0.118. The van der Waals surface area contributed by atoms with Gasteiger partial charge in [0, 0.05) is 18.2 Å². The Morgan fingerprint density at radius 3 is 2.48 bits per heavy atom. The van der Waals surface area contributed by atoms with Crippen LogP contribution in [0.1, 0.15) is 54.0 Å². The molecule has 1 aliphatic rings. The third-order valence-corrected chi connectivity index (χ3v) is 4.85. The molecule has 0 saturated heterocycles. The Labute approximate surface area is 159 Å².